The summed E-state index contributed by atoms with van der Waals surface area (Å²) in [5.41, 5.74) is 0. The Morgan fingerprint density at radius 2 is 1.77 bits per heavy atom. The minimum atomic E-state index is 0.263. The number of rotatable bonds is 7. The maximum absolute atomic E-state index is 12.4. The van der Waals surface area contributed by atoms with Crippen molar-refractivity contribution in [2.24, 2.45) is 0 Å². The summed E-state index contributed by atoms with van der Waals surface area (Å²) in [4.78, 5) is 30.5. The van der Waals surface area contributed by atoms with Crippen molar-refractivity contribution < 1.29 is 9.59 Å². The Hall–Kier alpha value is -1.10. The molecular formula is C17H31N3O2. The van der Waals surface area contributed by atoms with Gasteiger partial charge >= 0.3 is 0 Å². The summed E-state index contributed by atoms with van der Waals surface area (Å²) in [6.07, 6.45) is 5.80. The van der Waals surface area contributed by atoms with Crippen LogP contribution in [0.4, 0.5) is 0 Å². The molecule has 0 aromatic rings. The summed E-state index contributed by atoms with van der Waals surface area (Å²) in [6, 6.07) is 0.406. The zero-order valence-corrected chi connectivity index (χ0v) is 14.2. The highest BCUT2D eigenvalue weighted by Gasteiger charge is 2.31. The SMILES string of the molecule is CCCN(CCC)C(=O)CN1CCC(N2CCCC2=O)CC1. The van der Waals surface area contributed by atoms with Gasteiger partial charge in [0.05, 0.1) is 6.54 Å². The molecule has 0 aromatic heterocycles. The smallest absolute Gasteiger partial charge is 0.236 e. The fourth-order valence-electron chi connectivity index (χ4n) is 3.64. The van der Waals surface area contributed by atoms with Crippen LogP contribution >= 0.6 is 0 Å². The first-order valence-corrected chi connectivity index (χ1v) is 8.95. The fraction of sp³-hybridized carbons (Fsp3) is 0.882. The van der Waals surface area contributed by atoms with Gasteiger partial charge in [0.2, 0.25) is 11.8 Å². The van der Waals surface area contributed by atoms with Gasteiger partial charge in [0, 0.05) is 45.2 Å². The lowest BCUT2D eigenvalue weighted by atomic mass is 10.0. The van der Waals surface area contributed by atoms with Gasteiger partial charge in [-0.05, 0) is 32.1 Å². The second kappa shape index (κ2) is 8.51. The molecule has 2 heterocycles. The number of hydrogen-bond donors (Lipinski definition) is 0. The average molecular weight is 309 g/mol. The molecule has 2 aliphatic rings. The van der Waals surface area contributed by atoms with Gasteiger partial charge in [-0.1, -0.05) is 13.8 Å². The molecule has 0 bridgehead atoms. The Morgan fingerprint density at radius 1 is 1.14 bits per heavy atom. The normalized spacial score (nSPS) is 20.6. The van der Waals surface area contributed by atoms with Gasteiger partial charge < -0.3 is 9.80 Å². The summed E-state index contributed by atoms with van der Waals surface area (Å²) in [5.74, 6) is 0.589. The highest BCUT2D eigenvalue weighted by molar-refractivity contribution is 5.79. The predicted octanol–water partition coefficient (Wildman–Crippen LogP) is 1.72. The molecule has 0 atom stereocenters. The third-order valence-electron chi connectivity index (χ3n) is 4.81. The first kappa shape index (κ1) is 17.3. The van der Waals surface area contributed by atoms with Crippen molar-refractivity contribution in [3.05, 3.63) is 0 Å². The van der Waals surface area contributed by atoms with Crippen LogP contribution in [0, 0.1) is 0 Å². The highest BCUT2D eigenvalue weighted by atomic mass is 16.2. The average Bonchev–Trinajstić information content (AvgIpc) is 2.94. The zero-order chi connectivity index (χ0) is 15.9. The van der Waals surface area contributed by atoms with Crippen LogP contribution in [0.1, 0.15) is 52.4 Å². The molecule has 0 aliphatic carbocycles. The molecule has 0 unspecified atom stereocenters. The molecule has 0 saturated carbocycles. The van der Waals surface area contributed by atoms with Crippen LogP contribution in [-0.2, 0) is 9.59 Å². The van der Waals surface area contributed by atoms with Gasteiger partial charge in [0.25, 0.3) is 0 Å². The van der Waals surface area contributed by atoms with E-state index in [4.69, 9.17) is 0 Å². The number of piperidine rings is 1. The lowest BCUT2D eigenvalue weighted by Crippen LogP contribution is -2.48. The summed E-state index contributed by atoms with van der Waals surface area (Å²) >= 11 is 0. The molecule has 0 radical (unpaired) electrons. The van der Waals surface area contributed by atoms with E-state index < -0.39 is 0 Å². The predicted molar refractivity (Wildman–Crippen MR) is 87.6 cm³/mol. The Balaban J connectivity index is 1.76. The highest BCUT2D eigenvalue weighted by Crippen LogP contribution is 2.22. The van der Waals surface area contributed by atoms with E-state index in [1.165, 1.54) is 0 Å². The van der Waals surface area contributed by atoms with Crippen molar-refractivity contribution in [3.63, 3.8) is 0 Å². The van der Waals surface area contributed by atoms with Crippen molar-refractivity contribution in [3.8, 4) is 0 Å². The maximum atomic E-state index is 12.4. The van der Waals surface area contributed by atoms with E-state index in [2.05, 4.69) is 23.6 Å². The molecule has 126 valence electrons. The lowest BCUT2D eigenvalue weighted by molar-refractivity contribution is -0.134. The molecule has 2 amide bonds. The van der Waals surface area contributed by atoms with Crippen LogP contribution in [0.15, 0.2) is 0 Å². The summed E-state index contributed by atoms with van der Waals surface area (Å²) in [5, 5.41) is 0. The van der Waals surface area contributed by atoms with Crippen LogP contribution in [0.5, 0.6) is 0 Å². The quantitative estimate of drug-likeness (QED) is 0.719. The Bertz CT molecular complexity index is 372. The minimum Gasteiger partial charge on any atom is -0.342 e. The molecule has 2 saturated heterocycles. The lowest BCUT2D eigenvalue weighted by Gasteiger charge is -2.37. The van der Waals surface area contributed by atoms with Gasteiger partial charge in [-0.25, -0.2) is 0 Å². The van der Waals surface area contributed by atoms with Crippen molar-refractivity contribution in [1.82, 2.24) is 14.7 Å². The van der Waals surface area contributed by atoms with Crippen LogP contribution in [0.25, 0.3) is 0 Å². The maximum Gasteiger partial charge on any atom is 0.236 e. The topological polar surface area (TPSA) is 43.9 Å². The van der Waals surface area contributed by atoms with Crippen LogP contribution in [0.3, 0.4) is 0 Å². The number of nitrogens with zero attached hydrogens (tertiary/aromatic N) is 3. The molecule has 2 aliphatic heterocycles. The van der Waals surface area contributed by atoms with Crippen molar-refractivity contribution in [2.45, 2.75) is 58.4 Å². The van der Waals surface area contributed by atoms with Crippen LogP contribution < -0.4 is 0 Å². The van der Waals surface area contributed by atoms with Gasteiger partial charge in [-0.15, -0.1) is 0 Å². The molecule has 5 heteroatoms. The van der Waals surface area contributed by atoms with Crippen molar-refractivity contribution >= 4 is 11.8 Å². The molecule has 2 fully saturated rings. The molecule has 0 aromatic carbocycles. The summed E-state index contributed by atoms with van der Waals surface area (Å²) in [7, 11) is 0. The largest absolute Gasteiger partial charge is 0.342 e. The van der Waals surface area contributed by atoms with Gasteiger partial charge in [0.1, 0.15) is 0 Å². The first-order valence-electron chi connectivity index (χ1n) is 8.95. The molecule has 22 heavy (non-hydrogen) atoms. The molecular weight excluding hydrogens is 278 g/mol. The van der Waals surface area contributed by atoms with Crippen molar-refractivity contribution in [1.29, 1.82) is 0 Å². The van der Waals surface area contributed by atoms with E-state index in [0.717, 1.165) is 71.2 Å². The van der Waals surface area contributed by atoms with Crippen molar-refractivity contribution in [2.75, 3.05) is 39.3 Å². The molecule has 0 N–H and O–H groups in total. The zero-order valence-electron chi connectivity index (χ0n) is 14.2. The number of carbonyl (C=O) groups excluding carboxylic acids is 2. The monoisotopic (exact) mass is 309 g/mol. The Morgan fingerprint density at radius 3 is 2.27 bits per heavy atom. The van der Waals surface area contributed by atoms with Crippen LogP contribution in [0.2, 0.25) is 0 Å². The standard InChI is InChI=1S/C17H31N3O2/c1-3-9-19(10-4-2)17(22)14-18-12-7-15(8-13-18)20-11-5-6-16(20)21/h15H,3-14H2,1-2H3. The van der Waals surface area contributed by atoms with Crippen LogP contribution in [-0.4, -0.2) is 71.8 Å². The minimum absolute atomic E-state index is 0.263. The number of hydrogen-bond acceptors (Lipinski definition) is 3. The number of carbonyl (C=O) groups is 2. The second-order valence-corrected chi connectivity index (χ2v) is 6.58. The fourth-order valence-corrected chi connectivity index (χ4v) is 3.64. The van der Waals surface area contributed by atoms with Gasteiger partial charge in [-0.2, -0.15) is 0 Å². The second-order valence-electron chi connectivity index (χ2n) is 6.58. The Kier molecular flexibility index (Phi) is 6.68. The van der Waals surface area contributed by atoms with E-state index in [-0.39, 0.29) is 5.91 Å². The molecule has 0 spiro atoms. The molecule has 2 rings (SSSR count). The van der Waals surface area contributed by atoms with E-state index in [1.807, 2.05) is 4.90 Å². The molecule has 5 nitrogen and oxygen atoms in total. The summed E-state index contributed by atoms with van der Waals surface area (Å²) in [6.45, 7) is 9.32. The number of likely N-dealkylation sites (tertiary alicyclic amines) is 2. The Labute approximate surface area is 134 Å². The van der Waals surface area contributed by atoms with E-state index >= 15 is 0 Å². The first-order chi connectivity index (χ1) is 10.7. The van der Waals surface area contributed by atoms with E-state index in [1.54, 1.807) is 0 Å². The van der Waals surface area contributed by atoms with E-state index in [9.17, 15) is 9.59 Å². The number of amides is 2. The third-order valence-corrected chi connectivity index (χ3v) is 4.81. The van der Waals surface area contributed by atoms with E-state index in [0.29, 0.717) is 18.5 Å². The van der Waals surface area contributed by atoms with Gasteiger partial charge in [-0.3, -0.25) is 14.5 Å². The van der Waals surface area contributed by atoms with Gasteiger partial charge in [0.15, 0.2) is 0 Å². The summed E-state index contributed by atoms with van der Waals surface area (Å²) < 4.78 is 0. The third kappa shape index (κ3) is 4.45.